The molecule has 5 rings (SSSR count). The quantitative estimate of drug-likeness (QED) is 0.196. The zero-order valence-corrected chi connectivity index (χ0v) is 25.1. The van der Waals surface area contributed by atoms with Gasteiger partial charge in [0.05, 0.1) is 45.2 Å². The van der Waals surface area contributed by atoms with Crippen molar-refractivity contribution in [2.45, 2.75) is 39.2 Å². The van der Waals surface area contributed by atoms with Crippen LogP contribution in [-0.2, 0) is 9.53 Å². The first kappa shape index (κ1) is 30.4. The molecular formula is C33H40N2O8. The molecule has 0 aliphatic carbocycles. The van der Waals surface area contributed by atoms with Crippen molar-refractivity contribution in [3.05, 3.63) is 65.1 Å². The number of hydrogen-bond donors (Lipinski definition) is 1. The van der Waals surface area contributed by atoms with Gasteiger partial charge in [0.15, 0.2) is 34.4 Å². The summed E-state index contributed by atoms with van der Waals surface area (Å²) in [5, 5.41) is 11.9. The number of nitrogens with zero attached hydrogens (tertiary/aromatic N) is 2. The van der Waals surface area contributed by atoms with Crippen LogP contribution < -0.4 is 14.2 Å². The normalized spacial score (nSPS) is 17.6. The fourth-order valence-electron chi connectivity index (χ4n) is 5.59. The van der Waals surface area contributed by atoms with Gasteiger partial charge in [-0.25, -0.2) is 0 Å². The Kier molecular flexibility index (Phi) is 9.89. The number of carbonyl (C=O) groups is 2. The molecule has 230 valence electrons. The SMILES string of the molecule is CCCCCOc1ccc(C2C(C(=O)c3cc4cccc(OC)c4o3)=C(O)C(=O)N2CCN2CCOCC2)cc1OCC. The van der Waals surface area contributed by atoms with E-state index >= 15 is 0 Å². The monoisotopic (exact) mass is 592 g/mol. The van der Waals surface area contributed by atoms with Crippen molar-refractivity contribution in [2.24, 2.45) is 0 Å². The van der Waals surface area contributed by atoms with Gasteiger partial charge in [0.25, 0.3) is 5.91 Å². The molecule has 0 radical (unpaired) electrons. The summed E-state index contributed by atoms with van der Waals surface area (Å²) in [5.41, 5.74) is 1.01. The lowest BCUT2D eigenvalue weighted by molar-refractivity contribution is -0.129. The standard InChI is InChI=1S/C33H40N2O8/c1-4-6-7-17-42-24-12-11-22(20-26(24)41-5-2)29-28(30(36)27-21-23-9-8-10-25(39-3)32(23)43-27)31(37)33(38)35(29)14-13-34-15-18-40-19-16-34/h8-12,20-21,29,37H,4-7,13-19H2,1-3H3. The largest absolute Gasteiger partial charge is 0.503 e. The van der Waals surface area contributed by atoms with E-state index in [1.807, 2.05) is 19.1 Å². The summed E-state index contributed by atoms with van der Waals surface area (Å²) in [6.45, 7) is 8.60. The van der Waals surface area contributed by atoms with Gasteiger partial charge in [0.1, 0.15) is 0 Å². The first-order valence-electron chi connectivity index (χ1n) is 15.0. The van der Waals surface area contributed by atoms with E-state index in [1.165, 1.54) is 7.11 Å². The molecule has 3 aromatic rings. The molecule has 10 nitrogen and oxygen atoms in total. The van der Waals surface area contributed by atoms with E-state index in [0.717, 1.165) is 32.4 Å². The Balaban J connectivity index is 1.52. The highest BCUT2D eigenvalue weighted by Crippen LogP contribution is 2.42. The first-order chi connectivity index (χ1) is 21.0. The number of ketones is 1. The minimum atomic E-state index is -0.857. The van der Waals surface area contributed by atoms with Crippen LogP contribution in [0.4, 0.5) is 0 Å². The molecule has 3 heterocycles. The van der Waals surface area contributed by atoms with Gasteiger partial charge >= 0.3 is 0 Å². The molecule has 2 aromatic carbocycles. The minimum Gasteiger partial charge on any atom is -0.503 e. The van der Waals surface area contributed by atoms with Crippen molar-refractivity contribution in [3.63, 3.8) is 0 Å². The summed E-state index contributed by atoms with van der Waals surface area (Å²) in [4.78, 5) is 31.4. The lowest BCUT2D eigenvalue weighted by Gasteiger charge is -2.31. The molecule has 1 fully saturated rings. The number of hydrogen-bond acceptors (Lipinski definition) is 9. The summed E-state index contributed by atoms with van der Waals surface area (Å²) >= 11 is 0. The molecule has 43 heavy (non-hydrogen) atoms. The Morgan fingerprint density at radius 1 is 1.00 bits per heavy atom. The molecule has 1 unspecified atom stereocenters. The van der Waals surface area contributed by atoms with E-state index in [1.54, 1.807) is 35.2 Å². The van der Waals surface area contributed by atoms with Crippen LogP contribution in [0.15, 0.2) is 58.2 Å². The summed E-state index contributed by atoms with van der Waals surface area (Å²) in [6.07, 6.45) is 3.07. The number of Topliss-reactive ketones (excluding diaryl/α,β-unsaturated/α-hetero) is 1. The number of fused-ring (bicyclic) bond motifs is 1. The number of rotatable bonds is 14. The minimum absolute atomic E-state index is 0.00906. The highest BCUT2D eigenvalue weighted by Gasteiger charge is 2.45. The van der Waals surface area contributed by atoms with Crippen LogP contribution >= 0.6 is 0 Å². The fourth-order valence-corrected chi connectivity index (χ4v) is 5.59. The summed E-state index contributed by atoms with van der Waals surface area (Å²) in [5.74, 6) is -0.150. The number of furan rings is 1. The molecule has 1 N–H and O–H groups in total. The van der Waals surface area contributed by atoms with Gasteiger partial charge < -0.3 is 33.4 Å². The number of methoxy groups -OCH3 is 1. The summed E-state index contributed by atoms with van der Waals surface area (Å²) in [7, 11) is 1.53. The number of benzene rings is 2. The van der Waals surface area contributed by atoms with Crippen molar-refractivity contribution in [3.8, 4) is 17.2 Å². The second-order valence-corrected chi connectivity index (χ2v) is 10.6. The number of ether oxygens (including phenoxy) is 4. The molecule has 1 atom stereocenters. The summed E-state index contributed by atoms with van der Waals surface area (Å²) < 4.78 is 28.8. The third kappa shape index (κ3) is 6.50. The number of amides is 1. The van der Waals surface area contributed by atoms with Gasteiger partial charge in [0.2, 0.25) is 5.78 Å². The summed E-state index contributed by atoms with van der Waals surface area (Å²) in [6, 6.07) is 11.5. The molecule has 1 saturated heterocycles. The number of morpholine rings is 1. The Hall–Kier alpha value is -4.02. The van der Waals surface area contributed by atoms with Crippen LogP contribution in [0.25, 0.3) is 11.0 Å². The third-order valence-electron chi connectivity index (χ3n) is 7.85. The number of para-hydroxylation sites is 1. The molecule has 0 saturated carbocycles. The third-order valence-corrected chi connectivity index (χ3v) is 7.85. The van der Waals surface area contributed by atoms with Crippen molar-refractivity contribution < 1.29 is 38.1 Å². The van der Waals surface area contributed by atoms with Crippen molar-refractivity contribution in [1.82, 2.24) is 9.80 Å². The van der Waals surface area contributed by atoms with E-state index in [-0.39, 0.29) is 11.3 Å². The molecule has 0 bridgehead atoms. The molecule has 1 aromatic heterocycles. The van der Waals surface area contributed by atoms with Gasteiger partial charge in [-0.2, -0.15) is 0 Å². The Morgan fingerprint density at radius 2 is 1.81 bits per heavy atom. The highest BCUT2D eigenvalue weighted by molar-refractivity contribution is 6.16. The smallest absolute Gasteiger partial charge is 0.290 e. The van der Waals surface area contributed by atoms with E-state index in [9.17, 15) is 14.7 Å². The van der Waals surface area contributed by atoms with Crippen molar-refractivity contribution in [1.29, 1.82) is 0 Å². The average molecular weight is 593 g/mol. The lowest BCUT2D eigenvalue weighted by Crippen LogP contribution is -2.43. The van der Waals surface area contributed by atoms with Gasteiger partial charge in [-0.15, -0.1) is 0 Å². The van der Waals surface area contributed by atoms with Gasteiger partial charge in [-0.1, -0.05) is 38.0 Å². The molecule has 10 heteroatoms. The van der Waals surface area contributed by atoms with Gasteiger partial charge in [-0.3, -0.25) is 14.5 Å². The van der Waals surface area contributed by atoms with E-state index in [4.69, 9.17) is 23.4 Å². The molecule has 2 aliphatic rings. The molecule has 2 aliphatic heterocycles. The van der Waals surface area contributed by atoms with E-state index in [0.29, 0.717) is 73.3 Å². The average Bonchev–Trinajstić information content (AvgIpc) is 3.58. The van der Waals surface area contributed by atoms with Crippen LogP contribution in [0.3, 0.4) is 0 Å². The van der Waals surface area contributed by atoms with Crippen LogP contribution in [0.5, 0.6) is 17.2 Å². The van der Waals surface area contributed by atoms with E-state index in [2.05, 4.69) is 11.8 Å². The number of carbonyl (C=O) groups excluding carboxylic acids is 2. The van der Waals surface area contributed by atoms with Crippen molar-refractivity contribution in [2.75, 3.05) is 59.7 Å². The maximum atomic E-state index is 14.1. The predicted molar refractivity (Wildman–Crippen MR) is 161 cm³/mol. The number of aliphatic hydroxyl groups excluding tert-OH is 1. The van der Waals surface area contributed by atoms with Gasteiger partial charge in [-0.05, 0) is 43.2 Å². The maximum absolute atomic E-state index is 14.1. The van der Waals surface area contributed by atoms with Gasteiger partial charge in [0, 0.05) is 31.6 Å². The molecule has 0 spiro atoms. The Labute approximate surface area is 251 Å². The predicted octanol–water partition coefficient (Wildman–Crippen LogP) is 5.32. The number of unbranched alkanes of at least 4 members (excludes halogenated alkanes) is 2. The topological polar surface area (TPSA) is 111 Å². The highest BCUT2D eigenvalue weighted by atomic mass is 16.5. The second-order valence-electron chi connectivity index (χ2n) is 10.6. The van der Waals surface area contributed by atoms with E-state index < -0.39 is 23.5 Å². The molecular weight excluding hydrogens is 552 g/mol. The van der Waals surface area contributed by atoms with Crippen LogP contribution in [0.2, 0.25) is 0 Å². The Morgan fingerprint density at radius 3 is 2.56 bits per heavy atom. The number of aliphatic hydroxyl groups is 1. The van der Waals surface area contributed by atoms with Crippen LogP contribution in [0.1, 0.15) is 55.3 Å². The lowest BCUT2D eigenvalue weighted by atomic mass is 9.94. The first-order valence-corrected chi connectivity index (χ1v) is 15.0. The van der Waals surface area contributed by atoms with Crippen LogP contribution in [0, 0.1) is 0 Å². The Bertz CT molecular complexity index is 1470. The van der Waals surface area contributed by atoms with Crippen LogP contribution in [-0.4, -0.2) is 86.3 Å². The maximum Gasteiger partial charge on any atom is 0.290 e. The fraction of sp³-hybridized carbons (Fsp3) is 0.455. The van der Waals surface area contributed by atoms with Crippen molar-refractivity contribution >= 4 is 22.7 Å². The zero-order chi connectivity index (χ0) is 30.3. The molecule has 1 amide bonds. The zero-order valence-electron chi connectivity index (χ0n) is 25.1. The second kappa shape index (κ2) is 14.0.